The fourth-order valence-electron chi connectivity index (χ4n) is 2.33. The number of benzene rings is 1. The number of amides is 1. The van der Waals surface area contributed by atoms with Crippen molar-refractivity contribution in [2.45, 2.75) is 31.6 Å². The first kappa shape index (κ1) is 15.1. The van der Waals surface area contributed by atoms with E-state index in [-0.39, 0.29) is 17.5 Å². The lowest BCUT2D eigenvalue weighted by atomic mass is 10.1. The highest BCUT2D eigenvalue weighted by Crippen LogP contribution is 2.32. The van der Waals surface area contributed by atoms with Gasteiger partial charge in [-0.25, -0.2) is 0 Å². The van der Waals surface area contributed by atoms with Crippen LogP contribution in [0.15, 0.2) is 41.1 Å². The molecular formula is C16H14F3NOS. The summed E-state index contributed by atoms with van der Waals surface area (Å²) in [6, 6.07) is 6.72. The highest BCUT2D eigenvalue weighted by Gasteiger charge is 2.35. The van der Waals surface area contributed by atoms with Gasteiger partial charge in [-0.1, -0.05) is 6.07 Å². The Kier molecular flexibility index (Phi) is 3.95. The number of halogens is 3. The Hall–Kier alpha value is -1.82. The van der Waals surface area contributed by atoms with Crippen molar-refractivity contribution in [1.29, 1.82) is 0 Å². The first-order chi connectivity index (χ1) is 10.4. The Balaban J connectivity index is 1.84. The molecule has 116 valence electrons. The molecule has 1 heterocycles. The summed E-state index contributed by atoms with van der Waals surface area (Å²) in [6.07, 6.45) is -2.61. The first-order valence-corrected chi connectivity index (χ1v) is 7.89. The molecule has 2 aromatic rings. The van der Waals surface area contributed by atoms with E-state index >= 15 is 0 Å². The van der Waals surface area contributed by atoms with E-state index in [1.54, 1.807) is 16.2 Å². The van der Waals surface area contributed by atoms with E-state index in [4.69, 9.17) is 0 Å². The van der Waals surface area contributed by atoms with Crippen LogP contribution < -0.4 is 0 Å². The highest BCUT2D eigenvalue weighted by molar-refractivity contribution is 7.07. The monoisotopic (exact) mass is 325 g/mol. The van der Waals surface area contributed by atoms with Crippen LogP contribution in [-0.4, -0.2) is 16.8 Å². The van der Waals surface area contributed by atoms with Crippen molar-refractivity contribution in [3.63, 3.8) is 0 Å². The van der Waals surface area contributed by atoms with Crippen molar-refractivity contribution in [3.8, 4) is 0 Å². The number of thiophene rings is 1. The predicted molar refractivity (Wildman–Crippen MR) is 78.7 cm³/mol. The molecule has 0 aliphatic heterocycles. The average Bonchev–Trinajstić information content (AvgIpc) is 3.20. The molecule has 0 saturated heterocycles. The van der Waals surface area contributed by atoms with Gasteiger partial charge in [0.15, 0.2) is 0 Å². The molecule has 1 aromatic heterocycles. The lowest BCUT2D eigenvalue weighted by Gasteiger charge is -2.22. The van der Waals surface area contributed by atoms with Crippen molar-refractivity contribution >= 4 is 17.2 Å². The molecule has 1 aromatic carbocycles. The Bertz CT molecular complexity index is 662. The molecule has 1 aliphatic carbocycles. The molecule has 0 atom stereocenters. The van der Waals surface area contributed by atoms with E-state index in [0.29, 0.717) is 6.54 Å². The second-order valence-corrected chi connectivity index (χ2v) is 6.15. The minimum absolute atomic E-state index is 0.0944. The lowest BCUT2D eigenvalue weighted by molar-refractivity contribution is -0.137. The van der Waals surface area contributed by atoms with E-state index in [9.17, 15) is 18.0 Å². The van der Waals surface area contributed by atoms with Gasteiger partial charge in [0.05, 0.1) is 5.56 Å². The van der Waals surface area contributed by atoms with Gasteiger partial charge in [0.1, 0.15) is 0 Å². The SMILES string of the molecule is O=C(c1cccc(C(F)(F)F)c1)N(Cc1ccsc1)C1CC1. The third-order valence-electron chi connectivity index (χ3n) is 3.62. The normalized spacial score (nSPS) is 14.9. The number of rotatable bonds is 4. The summed E-state index contributed by atoms with van der Waals surface area (Å²) in [5.41, 5.74) is 0.318. The largest absolute Gasteiger partial charge is 0.416 e. The molecule has 6 heteroatoms. The van der Waals surface area contributed by atoms with Crippen molar-refractivity contribution < 1.29 is 18.0 Å². The van der Waals surface area contributed by atoms with E-state index < -0.39 is 11.7 Å². The Morgan fingerprint density at radius 1 is 1.27 bits per heavy atom. The fourth-order valence-corrected chi connectivity index (χ4v) is 2.99. The second kappa shape index (κ2) is 5.76. The average molecular weight is 325 g/mol. The molecule has 1 amide bonds. The zero-order chi connectivity index (χ0) is 15.7. The minimum atomic E-state index is -4.44. The quantitative estimate of drug-likeness (QED) is 0.806. The van der Waals surface area contributed by atoms with Crippen LogP contribution in [0, 0.1) is 0 Å². The molecule has 0 N–H and O–H groups in total. The molecule has 22 heavy (non-hydrogen) atoms. The Labute approximate surface area is 130 Å². The van der Waals surface area contributed by atoms with Crippen LogP contribution in [0.5, 0.6) is 0 Å². The third-order valence-corrected chi connectivity index (χ3v) is 4.35. The van der Waals surface area contributed by atoms with Gasteiger partial charge >= 0.3 is 6.18 Å². The third kappa shape index (κ3) is 3.32. The molecule has 0 bridgehead atoms. The van der Waals surface area contributed by atoms with Gasteiger partial charge in [-0.05, 0) is 53.4 Å². The molecule has 0 unspecified atom stereocenters. The number of hydrogen-bond donors (Lipinski definition) is 0. The summed E-state index contributed by atoms with van der Waals surface area (Å²) in [6.45, 7) is 0.448. The summed E-state index contributed by atoms with van der Waals surface area (Å²) in [7, 11) is 0. The summed E-state index contributed by atoms with van der Waals surface area (Å²) in [5.74, 6) is -0.334. The first-order valence-electron chi connectivity index (χ1n) is 6.94. The summed E-state index contributed by atoms with van der Waals surface area (Å²) >= 11 is 1.54. The van der Waals surface area contributed by atoms with Gasteiger partial charge in [0.25, 0.3) is 5.91 Å². The van der Waals surface area contributed by atoms with Gasteiger partial charge < -0.3 is 4.90 Å². The van der Waals surface area contributed by atoms with Crippen LogP contribution in [0.3, 0.4) is 0 Å². The van der Waals surface area contributed by atoms with Gasteiger partial charge in [-0.3, -0.25) is 4.79 Å². The van der Waals surface area contributed by atoms with Gasteiger partial charge in [0, 0.05) is 18.2 Å². The molecule has 1 aliphatic rings. The number of alkyl halides is 3. The second-order valence-electron chi connectivity index (χ2n) is 5.37. The summed E-state index contributed by atoms with van der Waals surface area (Å²) in [5, 5.41) is 3.88. The van der Waals surface area contributed by atoms with Crippen molar-refractivity contribution in [1.82, 2.24) is 4.90 Å². The van der Waals surface area contributed by atoms with E-state index in [2.05, 4.69) is 0 Å². The van der Waals surface area contributed by atoms with Crippen LogP contribution in [0.2, 0.25) is 0 Å². The molecular weight excluding hydrogens is 311 g/mol. The maximum Gasteiger partial charge on any atom is 0.416 e. The molecule has 0 radical (unpaired) electrons. The maximum absolute atomic E-state index is 12.8. The number of nitrogens with zero attached hydrogens (tertiary/aromatic N) is 1. The molecule has 2 nitrogen and oxygen atoms in total. The maximum atomic E-state index is 12.8. The van der Waals surface area contributed by atoms with Crippen molar-refractivity contribution in [2.24, 2.45) is 0 Å². The van der Waals surface area contributed by atoms with E-state index in [1.807, 2.05) is 16.8 Å². The summed E-state index contributed by atoms with van der Waals surface area (Å²) in [4.78, 5) is 14.3. The van der Waals surface area contributed by atoms with Crippen LogP contribution in [0.1, 0.15) is 34.3 Å². The number of carbonyl (C=O) groups excluding carboxylic acids is 1. The van der Waals surface area contributed by atoms with Gasteiger partial charge in [0.2, 0.25) is 0 Å². The van der Waals surface area contributed by atoms with Gasteiger partial charge in [-0.15, -0.1) is 0 Å². The van der Waals surface area contributed by atoms with E-state index in [0.717, 1.165) is 30.5 Å². The smallest absolute Gasteiger partial charge is 0.331 e. The summed E-state index contributed by atoms with van der Waals surface area (Å²) < 4.78 is 38.4. The van der Waals surface area contributed by atoms with Crippen molar-refractivity contribution in [2.75, 3.05) is 0 Å². The van der Waals surface area contributed by atoms with Crippen LogP contribution >= 0.6 is 11.3 Å². The number of carbonyl (C=O) groups is 1. The molecule has 3 rings (SSSR count). The minimum Gasteiger partial charge on any atom is -0.331 e. The molecule has 1 fully saturated rings. The Morgan fingerprint density at radius 2 is 2.05 bits per heavy atom. The van der Waals surface area contributed by atoms with Crippen LogP contribution in [0.25, 0.3) is 0 Å². The molecule has 0 spiro atoms. The standard InChI is InChI=1S/C16H14F3NOS/c17-16(18,19)13-3-1-2-12(8-13)15(21)20(14-4-5-14)9-11-6-7-22-10-11/h1-3,6-8,10,14H,4-5,9H2. The van der Waals surface area contributed by atoms with Crippen LogP contribution in [-0.2, 0) is 12.7 Å². The van der Waals surface area contributed by atoms with Crippen molar-refractivity contribution in [3.05, 3.63) is 57.8 Å². The zero-order valence-corrected chi connectivity index (χ0v) is 12.5. The van der Waals surface area contributed by atoms with Crippen LogP contribution in [0.4, 0.5) is 13.2 Å². The fraction of sp³-hybridized carbons (Fsp3) is 0.312. The lowest BCUT2D eigenvalue weighted by Crippen LogP contribution is -2.32. The molecule has 1 saturated carbocycles. The number of hydrogen-bond acceptors (Lipinski definition) is 2. The Morgan fingerprint density at radius 3 is 2.64 bits per heavy atom. The predicted octanol–water partition coefficient (Wildman–Crippen LogP) is 4.57. The van der Waals surface area contributed by atoms with Gasteiger partial charge in [-0.2, -0.15) is 24.5 Å². The highest BCUT2D eigenvalue weighted by atomic mass is 32.1. The topological polar surface area (TPSA) is 20.3 Å². The zero-order valence-electron chi connectivity index (χ0n) is 11.6. The van der Waals surface area contributed by atoms with E-state index in [1.165, 1.54) is 12.1 Å².